The maximum Gasteiger partial charge on any atom is 0.0731 e. The minimum atomic E-state index is -0.995. The van der Waals surface area contributed by atoms with Gasteiger partial charge in [-0.15, -0.1) is 0 Å². The lowest BCUT2D eigenvalue weighted by molar-refractivity contribution is 0.198. The maximum atomic E-state index is 12.4. The van der Waals surface area contributed by atoms with Gasteiger partial charge in [0.05, 0.1) is 16.9 Å². The molecule has 2 aromatic carbocycles. The normalized spacial score (nSPS) is 18.6. The average molecular weight is 369 g/mol. The molecular formula is C21H24N2O2S. The number of benzene rings is 2. The fourth-order valence-corrected chi connectivity index (χ4v) is 4.53. The number of aryl methyl sites for hydroxylation is 1. The zero-order chi connectivity index (χ0) is 18.3. The Balaban J connectivity index is 1.87. The fourth-order valence-electron chi connectivity index (χ4n) is 3.73. The first-order valence-corrected chi connectivity index (χ1v) is 10.4. The van der Waals surface area contributed by atoms with Crippen molar-refractivity contribution in [2.24, 2.45) is 0 Å². The average Bonchev–Trinajstić information content (AvgIpc) is 3.27. The molecule has 1 fully saturated rings. The van der Waals surface area contributed by atoms with Crippen LogP contribution in [-0.4, -0.2) is 39.2 Å². The number of H-pyrrole nitrogens is 1. The van der Waals surface area contributed by atoms with E-state index >= 15 is 0 Å². The van der Waals surface area contributed by atoms with Gasteiger partial charge in [0.1, 0.15) is 0 Å². The van der Waals surface area contributed by atoms with Gasteiger partial charge in [0.15, 0.2) is 0 Å². The van der Waals surface area contributed by atoms with Crippen LogP contribution >= 0.6 is 0 Å². The van der Waals surface area contributed by atoms with Gasteiger partial charge in [-0.3, -0.25) is 4.21 Å². The van der Waals surface area contributed by atoms with E-state index in [2.05, 4.69) is 47.1 Å². The molecule has 2 atom stereocenters. The topological polar surface area (TPSA) is 56.3 Å². The second kappa shape index (κ2) is 6.89. The van der Waals surface area contributed by atoms with Gasteiger partial charge in [-0.1, -0.05) is 19.1 Å². The Morgan fingerprint density at radius 2 is 2.12 bits per heavy atom. The highest BCUT2D eigenvalue weighted by atomic mass is 32.2. The first kappa shape index (κ1) is 17.3. The molecule has 0 radical (unpaired) electrons. The van der Waals surface area contributed by atoms with Gasteiger partial charge in [0, 0.05) is 51.6 Å². The molecule has 4 rings (SSSR count). The molecule has 3 aromatic rings. The van der Waals surface area contributed by atoms with Gasteiger partial charge in [-0.25, -0.2) is 0 Å². The molecule has 1 unspecified atom stereocenters. The summed E-state index contributed by atoms with van der Waals surface area (Å²) in [7, 11) is -0.995. The van der Waals surface area contributed by atoms with Crippen LogP contribution in [0.25, 0.3) is 22.2 Å². The van der Waals surface area contributed by atoms with Crippen LogP contribution < -0.4 is 4.90 Å². The zero-order valence-corrected chi connectivity index (χ0v) is 16.0. The Hall–Kier alpha value is -2.11. The predicted molar refractivity (Wildman–Crippen MR) is 108 cm³/mol. The van der Waals surface area contributed by atoms with E-state index in [1.54, 1.807) is 0 Å². The first-order valence-electron chi connectivity index (χ1n) is 9.11. The van der Waals surface area contributed by atoms with E-state index in [1.165, 1.54) is 10.9 Å². The van der Waals surface area contributed by atoms with Crippen LogP contribution in [0.1, 0.15) is 18.9 Å². The number of aliphatic hydroxyl groups excluding tert-OH is 1. The predicted octanol–water partition coefficient (Wildman–Crippen LogP) is 3.84. The van der Waals surface area contributed by atoms with Crippen molar-refractivity contribution in [3.05, 3.63) is 48.0 Å². The highest BCUT2D eigenvalue weighted by molar-refractivity contribution is 7.85. The summed E-state index contributed by atoms with van der Waals surface area (Å²) in [5.74, 6) is 0.604. The molecule has 0 aliphatic carbocycles. The third-order valence-electron chi connectivity index (χ3n) is 5.17. The molecule has 5 heteroatoms. The largest absolute Gasteiger partial charge is 0.391 e. The third-order valence-corrected chi connectivity index (χ3v) is 6.47. The maximum absolute atomic E-state index is 12.4. The van der Waals surface area contributed by atoms with Gasteiger partial charge < -0.3 is 15.0 Å². The summed E-state index contributed by atoms with van der Waals surface area (Å²) in [6.07, 6.45) is 0.505. The van der Waals surface area contributed by atoms with Crippen molar-refractivity contribution >= 4 is 27.4 Å². The van der Waals surface area contributed by atoms with Crippen LogP contribution in [0.5, 0.6) is 0 Å². The van der Waals surface area contributed by atoms with Gasteiger partial charge in [-0.05, 0) is 49.2 Å². The van der Waals surface area contributed by atoms with E-state index in [1.807, 2.05) is 19.1 Å². The smallest absolute Gasteiger partial charge is 0.0731 e. The van der Waals surface area contributed by atoms with Gasteiger partial charge in [0.2, 0.25) is 0 Å². The number of hydrogen-bond acceptors (Lipinski definition) is 3. The van der Waals surface area contributed by atoms with Crippen molar-refractivity contribution in [1.29, 1.82) is 0 Å². The molecule has 0 amide bonds. The molecule has 1 aromatic heterocycles. The van der Waals surface area contributed by atoms with E-state index in [0.29, 0.717) is 12.3 Å². The van der Waals surface area contributed by atoms with E-state index in [9.17, 15) is 9.32 Å². The number of nitrogens with one attached hydrogen (secondary N) is 1. The summed E-state index contributed by atoms with van der Waals surface area (Å²) in [4.78, 5) is 6.59. The van der Waals surface area contributed by atoms with Crippen LogP contribution in [0.3, 0.4) is 0 Å². The summed E-state index contributed by atoms with van der Waals surface area (Å²) in [6, 6.07) is 14.5. The van der Waals surface area contributed by atoms with Crippen molar-refractivity contribution in [1.82, 2.24) is 4.98 Å². The summed E-state index contributed by atoms with van der Waals surface area (Å²) >= 11 is 0. The second-order valence-electron chi connectivity index (χ2n) is 6.92. The number of rotatable bonds is 4. The van der Waals surface area contributed by atoms with Crippen LogP contribution in [0, 0.1) is 6.92 Å². The lowest BCUT2D eigenvalue weighted by Crippen LogP contribution is -2.22. The number of hydrogen-bond donors (Lipinski definition) is 2. The highest BCUT2D eigenvalue weighted by Crippen LogP contribution is 2.36. The number of anilines is 1. The number of aromatic nitrogens is 1. The Morgan fingerprint density at radius 1 is 1.27 bits per heavy atom. The molecule has 136 valence electrons. The molecule has 0 bridgehead atoms. The molecule has 26 heavy (non-hydrogen) atoms. The van der Waals surface area contributed by atoms with Crippen molar-refractivity contribution in [3.63, 3.8) is 0 Å². The zero-order valence-electron chi connectivity index (χ0n) is 15.2. The number of β-amino-alcohol motifs (C(OH)–C–C–N with tert-alkyl or cyclic N) is 1. The molecule has 2 heterocycles. The lowest BCUT2D eigenvalue weighted by atomic mass is 10.1. The highest BCUT2D eigenvalue weighted by Gasteiger charge is 2.24. The minimum absolute atomic E-state index is 0.280. The van der Waals surface area contributed by atoms with E-state index < -0.39 is 10.8 Å². The first-order chi connectivity index (χ1) is 12.6. The molecule has 1 saturated heterocycles. The quantitative estimate of drug-likeness (QED) is 0.736. The van der Waals surface area contributed by atoms with E-state index in [4.69, 9.17) is 0 Å². The molecule has 0 saturated carbocycles. The monoisotopic (exact) mass is 368 g/mol. The Labute approximate surface area is 156 Å². The SMILES string of the molecule is CC[S@@](=O)c1ccc(N2CCC(O)C2)c(-c2cc3c(C)cccc3[nH]2)c1. The van der Waals surface area contributed by atoms with Crippen molar-refractivity contribution in [3.8, 4) is 11.3 Å². The number of fused-ring (bicyclic) bond motifs is 1. The standard InChI is InChI=1S/C21H24N2O2S/c1-3-26(25)16-7-8-21(23-10-9-15(24)13-23)18(11-16)20-12-17-14(2)5-4-6-19(17)22-20/h4-8,11-12,15,22,24H,3,9-10,13H2,1-2H3/t15?,26-/m1/s1. The summed E-state index contributed by atoms with van der Waals surface area (Å²) in [5.41, 5.74) is 5.50. The van der Waals surface area contributed by atoms with Crippen LogP contribution in [0.4, 0.5) is 5.69 Å². The fraction of sp³-hybridized carbons (Fsp3) is 0.333. The number of aromatic amines is 1. The van der Waals surface area contributed by atoms with Crippen molar-refractivity contribution in [2.75, 3.05) is 23.7 Å². The molecule has 1 aliphatic rings. The summed E-state index contributed by atoms with van der Waals surface area (Å²) in [5, 5.41) is 11.2. The molecule has 2 N–H and O–H groups in total. The van der Waals surface area contributed by atoms with Crippen molar-refractivity contribution < 1.29 is 9.32 Å². The van der Waals surface area contributed by atoms with Crippen LogP contribution in [0.15, 0.2) is 47.4 Å². The minimum Gasteiger partial charge on any atom is -0.391 e. The molecule has 1 aliphatic heterocycles. The number of aliphatic hydroxyl groups is 1. The van der Waals surface area contributed by atoms with Crippen LogP contribution in [-0.2, 0) is 10.8 Å². The van der Waals surface area contributed by atoms with Crippen LogP contribution in [0.2, 0.25) is 0 Å². The van der Waals surface area contributed by atoms with Gasteiger partial charge in [-0.2, -0.15) is 0 Å². The Bertz CT molecular complexity index is 979. The van der Waals surface area contributed by atoms with Crippen molar-refractivity contribution in [2.45, 2.75) is 31.3 Å². The Morgan fingerprint density at radius 3 is 2.81 bits per heavy atom. The summed E-state index contributed by atoms with van der Waals surface area (Å²) in [6.45, 7) is 5.53. The van der Waals surface area contributed by atoms with Gasteiger partial charge in [0.25, 0.3) is 0 Å². The number of nitrogens with zero attached hydrogens (tertiary/aromatic N) is 1. The Kier molecular flexibility index (Phi) is 4.59. The van der Waals surface area contributed by atoms with E-state index in [0.717, 1.165) is 40.3 Å². The lowest BCUT2D eigenvalue weighted by Gasteiger charge is -2.22. The molecular weight excluding hydrogens is 344 g/mol. The molecule has 4 nitrogen and oxygen atoms in total. The second-order valence-corrected chi connectivity index (χ2v) is 8.66. The molecule has 0 spiro atoms. The van der Waals surface area contributed by atoms with E-state index in [-0.39, 0.29) is 6.10 Å². The third kappa shape index (κ3) is 3.06. The summed E-state index contributed by atoms with van der Waals surface area (Å²) < 4.78 is 12.4. The van der Waals surface area contributed by atoms with Gasteiger partial charge >= 0.3 is 0 Å².